The number of fused-ring (bicyclic) bond motifs is 3. The number of nitrogen functional groups attached to an aromatic ring is 1. The van der Waals surface area contributed by atoms with Crippen LogP contribution >= 0.6 is 0 Å². The summed E-state index contributed by atoms with van der Waals surface area (Å²) in [5, 5.41) is 3.85. The van der Waals surface area contributed by atoms with Crippen LogP contribution in [0.4, 0.5) is 5.82 Å². The third kappa shape index (κ3) is 3.62. The number of nitrogens with one attached hydrogen (secondary N) is 1. The van der Waals surface area contributed by atoms with Gasteiger partial charge in [-0.25, -0.2) is 9.97 Å². The Balaban J connectivity index is 1.28. The second-order valence-electron chi connectivity index (χ2n) is 9.75. The van der Waals surface area contributed by atoms with Gasteiger partial charge in [0.1, 0.15) is 35.7 Å². The second-order valence-corrected chi connectivity index (χ2v) is 9.75. The highest BCUT2D eigenvalue weighted by Crippen LogP contribution is 2.44. The van der Waals surface area contributed by atoms with Gasteiger partial charge in [-0.2, -0.15) is 0 Å². The summed E-state index contributed by atoms with van der Waals surface area (Å²) in [6.07, 6.45) is 10.3. The zero-order chi connectivity index (χ0) is 22.6. The minimum atomic E-state index is -0.108. The molecule has 3 aromatic rings. The molecular formula is C25H29N5O3. The van der Waals surface area contributed by atoms with Gasteiger partial charge in [-0.1, -0.05) is 12.1 Å². The van der Waals surface area contributed by atoms with Gasteiger partial charge in [0.2, 0.25) is 5.91 Å². The number of anilines is 1. The molecule has 2 bridgehead atoms. The molecule has 33 heavy (non-hydrogen) atoms. The van der Waals surface area contributed by atoms with E-state index in [4.69, 9.17) is 15.2 Å². The average molecular weight is 448 g/mol. The van der Waals surface area contributed by atoms with Gasteiger partial charge in [-0.05, 0) is 56.2 Å². The van der Waals surface area contributed by atoms with Gasteiger partial charge in [0.15, 0.2) is 0 Å². The Morgan fingerprint density at radius 1 is 1.30 bits per heavy atom. The fourth-order valence-electron chi connectivity index (χ4n) is 5.68. The third-order valence-corrected chi connectivity index (χ3v) is 7.46. The van der Waals surface area contributed by atoms with E-state index in [1.54, 1.807) is 6.92 Å². The summed E-state index contributed by atoms with van der Waals surface area (Å²) in [7, 11) is 0. The van der Waals surface area contributed by atoms with Crippen LogP contribution in [-0.2, 0) is 9.53 Å². The molecule has 1 saturated carbocycles. The molecule has 1 aliphatic carbocycles. The van der Waals surface area contributed by atoms with Crippen LogP contribution in [0.3, 0.4) is 0 Å². The first-order chi connectivity index (χ1) is 16.0. The van der Waals surface area contributed by atoms with Crippen LogP contribution in [0.1, 0.15) is 51.5 Å². The first-order valence-electron chi connectivity index (χ1n) is 11.8. The molecule has 4 heterocycles. The number of nitrogens with zero attached hydrogens (tertiary/aromatic N) is 3. The minimum absolute atomic E-state index is 0.00977. The Hall–Kier alpha value is -3.13. The summed E-state index contributed by atoms with van der Waals surface area (Å²) in [5.74, 6) is 1.30. The Morgan fingerprint density at radius 2 is 2.12 bits per heavy atom. The quantitative estimate of drug-likeness (QED) is 0.598. The van der Waals surface area contributed by atoms with Gasteiger partial charge in [-0.15, -0.1) is 0 Å². The lowest BCUT2D eigenvalue weighted by Gasteiger charge is -2.36. The van der Waals surface area contributed by atoms with Crippen LogP contribution in [0.25, 0.3) is 22.2 Å². The summed E-state index contributed by atoms with van der Waals surface area (Å²) in [4.78, 5) is 20.2. The average Bonchev–Trinajstić information content (AvgIpc) is 3.49. The molecule has 0 atom stereocenters. The van der Waals surface area contributed by atoms with Crippen molar-refractivity contribution in [2.45, 2.75) is 69.2 Å². The predicted molar refractivity (Wildman–Crippen MR) is 125 cm³/mol. The smallest absolute Gasteiger partial charge is 0.217 e. The van der Waals surface area contributed by atoms with E-state index >= 15 is 0 Å². The molecule has 1 aromatic carbocycles. The number of hydrogen-bond donors (Lipinski definition) is 2. The highest BCUT2D eigenvalue weighted by molar-refractivity contribution is 6.00. The fourth-order valence-corrected chi connectivity index (χ4v) is 5.68. The number of aromatic nitrogens is 3. The fraction of sp³-hybridized carbons (Fsp3) is 0.480. The summed E-state index contributed by atoms with van der Waals surface area (Å²) in [6.45, 7) is 2.15. The lowest BCUT2D eigenvalue weighted by molar-refractivity contribution is -0.120. The molecule has 3 aliphatic rings. The molecule has 2 saturated heterocycles. The summed E-state index contributed by atoms with van der Waals surface area (Å²) >= 11 is 0. The van der Waals surface area contributed by atoms with Crippen molar-refractivity contribution in [3.63, 3.8) is 0 Å². The Morgan fingerprint density at radius 3 is 2.85 bits per heavy atom. The molecule has 8 heteroatoms. The Kier molecular flexibility index (Phi) is 4.79. The zero-order valence-corrected chi connectivity index (χ0v) is 18.8. The van der Waals surface area contributed by atoms with Crippen molar-refractivity contribution in [2.75, 3.05) is 12.3 Å². The molecule has 0 unspecified atom stereocenters. The highest BCUT2D eigenvalue weighted by Gasteiger charge is 2.46. The van der Waals surface area contributed by atoms with Gasteiger partial charge in [0, 0.05) is 30.8 Å². The van der Waals surface area contributed by atoms with E-state index in [1.807, 2.05) is 12.1 Å². The molecule has 1 amide bonds. The van der Waals surface area contributed by atoms with E-state index < -0.39 is 0 Å². The molecule has 2 aromatic heterocycles. The largest absolute Gasteiger partial charge is 0.491 e. The van der Waals surface area contributed by atoms with Crippen molar-refractivity contribution in [3.8, 4) is 16.9 Å². The molecule has 2 aliphatic heterocycles. The van der Waals surface area contributed by atoms with Gasteiger partial charge in [0.25, 0.3) is 0 Å². The van der Waals surface area contributed by atoms with E-state index in [-0.39, 0.29) is 23.6 Å². The maximum absolute atomic E-state index is 11.4. The molecule has 0 radical (unpaired) electrons. The topological polar surface area (TPSA) is 104 Å². The number of hydrogen-bond acceptors (Lipinski definition) is 6. The van der Waals surface area contributed by atoms with Crippen molar-refractivity contribution in [3.05, 3.63) is 36.8 Å². The summed E-state index contributed by atoms with van der Waals surface area (Å²) < 4.78 is 14.6. The minimum Gasteiger partial charge on any atom is -0.491 e. The lowest BCUT2D eigenvalue weighted by atomic mass is 9.86. The second kappa shape index (κ2) is 7.73. The van der Waals surface area contributed by atoms with Gasteiger partial charge in [-0.3, -0.25) is 4.79 Å². The number of carbonyl (C=O) groups is 1. The Labute approximate surface area is 192 Å². The van der Waals surface area contributed by atoms with Crippen molar-refractivity contribution >= 4 is 22.8 Å². The number of benzene rings is 1. The zero-order valence-electron chi connectivity index (χ0n) is 18.8. The van der Waals surface area contributed by atoms with Gasteiger partial charge in [0.05, 0.1) is 11.5 Å². The van der Waals surface area contributed by atoms with E-state index in [0.29, 0.717) is 18.5 Å². The normalized spacial score (nSPS) is 28.1. The maximum Gasteiger partial charge on any atom is 0.217 e. The maximum atomic E-state index is 11.4. The standard InChI is InChI=1S/C25H29N5O3/c1-15(31)29-17-10-18(11-17)30-12-21(22-23(26)27-14-28-24(22)30)16-3-2-4-20(9-16)32-13-25-7-5-19(33-25)6-8-25/h2-4,9,12,14,17-19H,5-8,10-11,13H2,1H3,(H,29,31)(H2,26,27,28). The number of nitrogens with two attached hydrogens (primary N) is 1. The van der Waals surface area contributed by atoms with Crippen LogP contribution in [0.5, 0.6) is 5.75 Å². The number of ether oxygens (including phenoxy) is 2. The lowest BCUT2D eigenvalue weighted by Crippen LogP contribution is -2.44. The molecule has 0 spiro atoms. The third-order valence-electron chi connectivity index (χ3n) is 7.46. The van der Waals surface area contributed by atoms with Gasteiger partial charge >= 0.3 is 0 Å². The van der Waals surface area contributed by atoms with Crippen LogP contribution in [0.2, 0.25) is 0 Å². The molecule has 6 rings (SSSR count). The van der Waals surface area contributed by atoms with E-state index in [0.717, 1.165) is 66.4 Å². The molecule has 8 nitrogen and oxygen atoms in total. The first-order valence-corrected chi connectivity index (χ1v) is 11.8. The van der Waals surface area contributed by atoms with Crippen molar-refractivity contribution in [2.24, 2.45) is 0 Å². The molecule has 172 valence electrons. The van der Waals surface area contributed by atoms with E-state index in [1.165, 1.54) is 6.33 Å². The van der Waals surface area contributed by atoms with Crippen molar-refractivity contribution in [1.29, 1.82) is 0 Å². The molecule has 3 fully saturated rings. The molecule has 3 N–H and O–H groups in total. The van der Waals surface area contributed by atoms with Crippen molar-refractivity contribution in [1.82, 2.24) is 19.9 Å². The van der Waals surface area contributed by atoms with Crippen LogP contribution < -0.4 is 15.8 Å². The molecular weight excluding hydrogens is 418 g/mol. The van der Waals surface area contributed by atoms with E-state index in [2.05, 4.69) is 38.2 Å². The monoisotopic (exact) mass is 447 g/mol. The predicted octanol–water partition coefficient (Wildman–Crippen LogP) is 3.61. The Bertz CT molecular complexity index is 1210. The van der Waals surface area contributed by atoms with E-state index in [9.17, 15) is 4.79 Å². The number of carbonyl (C=O) groups excluding carboxylic acids is 1. The summed E-state index contributed by atoms with van der Waals surface area (Å²) in [6, 6.07) is 8.59. The first kappa shape index (κ1) is 20.5. The SMILES string of the molecule is CC(=O)NC1CC(n2cc(-c3cccc(OCC45CCC(CC4)O5)c3)c3c(N)ncnc32)C1. The van der Waals surface area contributed by atoms with Crippen LogP contribution in [0, 0.1) is 0 Å². The van der Waals surface area contributed by atoms with Crippen LogP contribution in [-0.4, -0.2) is 44.8 Å². The van der Waals surface area contributed by atoms with Crippen LogP contribution in [0.15, 0.2) is 36.8 Å². The number of amides is 1. The number of rotatable bonds is 6. The highest BCUT2D eigenvalue weighted by atomic mass is 16.6. The van der Waals surface area contributed by atoms with Gasteiger partial charge < -0.3 is 25.1 Å². The summed E-state index contributed by atoms with van der Waals surface area (Å²) in [5.41, 5.74) is 9.04. The van der Waals surface area contributed by atoms with Crippen molar-refractivity contribution < 1.29 is 14.3 Å².